The van der Waals surface area contributed by atoms with E-state index in [1.165, 1.54) is 6.07 Å². The van der Waals surface area contributed by atoms with E-state index in [-0.39, 0.29) is 17.5 Å². The first-order valence-electron chi connectivity index (χ1n) is 11.4. The second kappa shape index (κ2) is 10.2. The minimum atomic E-state index is -4.44. The molecule has 1 aromatic heterocycles. The Morgan fingerprint density at radius 3 is 2.48 bits per heavy atom. The van der Waals surface area contributed by atoms with Crippen LogP contribution in [0.2, 0.25) is 0 Å². The van der Waals surface area contributed by atoms with Crippen molar-refractivity contribution in [3.05, 3.63) is 18.2 Å². The Hall–Kier alpha value is -2.49. The summed E-state index contributed by atoms with van der Waals surface area (Å²) in [6, 6.07) is 4.60. The number of carboxylic acid groups (broad SMARTS) is 1. The number of ether oxygens (including phenoxy) is 2. The molecular formula is C23H29F3N2O5. The molecule has 182 valence electrons. The van der Waals surface area contributed by atoms with Gasteiger partial charge in [0.1, 0.15) is 11.1 Å². The van der Waals surface area contributed by atoms with Crippen molar-refractivity contribution in [2.24, 2.45) is 17.8 Å². The summed E-state index contributed by atoms with van der Waals surface area (Å²) in [5, 5.41) is 13.3. The summed E-state index contributed by atoms with van der Waals surface area (Å²) >= 11 is 0. The highest BCUT2D eigenvalue weighted by atomic mass is 19.4. The molecule has 0 spiro atoms. The zero-order valence-corrected chi connectivity index (χ0v) is 18.4. The van der Waals surface area contributed by atoms with Gasteiger partial charge in [-0.25, -0.2) is 0 Å². The minimum Gasteiger partial charge on any atom is -0.483 e. The van der Waals surface area contributed by atoms with Gasteiger partial charge in [0.25, 0.3) is 5.88 Å². The molecule has 0 atom stereocenters. The molecule has 33 heavy (non-hydrogen) atoms. The van der Waals surface area contributed by atoms with E-state index in [0.717, 1.165) is 58.2 Å². The maximum absolute atomic E-state index is 12.6. The van der Waals surface area contributed by atoms with Crippen molar-refractivity contribution in [1.29, 1.82) is 0 Å². The van der Waals surface area contributed by atoms with Crippen LogP contribution in [-0.4, -0.2) is 60.2 Å². The molecule has 1 aliphatic carbocycles. The van der Waals surface area contributed by atoms with Gasteiger partial charge in [0, 0.05) is 6.54 Å². The van der Waals surface area contributed by atoms with Crippen molar-refractivity contribution >= 4 is 16.9 Å². The van der Waals surface area contributed by atoms with Crippen LogP contribution in [0, 0.1) is 17.8 Å². The Morgan fingerprint density at radius 1 is 1.09 bits per heavy atom. The van der Waals surface area contributed by atoms with Crippen LogP contribution in [0.3, 0.4) is 0 Å². The molecule has 2 aromatic rings. The molecule has 0 bridgehead atoms. The molecule has 1 N–H and O–H groups in total. The topological polar surface area (TPSA) is 85.0 Å². The molecule has 0 amide bonds. The molecule has 0 radical (unpaired) electrons. The van der Waals surface area contributed by atoms with Gasteiger partial charge >= 0.3 is 12.1 Å². The van der Waals surface area contributed by atoms with E-state index in [4.69, 9.17) is 19.1 Å². The van der Waals surface area contributed by atoms with Crippen molar-refractivity contribution in [3.63, 3.8) is 0 Å². The number of alkyl halides is 3. The molecule has 10 heteroatoms. The molecular weight excluding hydrogens is 441 g/mol. The summed E-state index contributed by atoms with van der Waals surface area (Å²) in [6.45, 7) is 1.92. The Bertz CT molecular complexity index is 932. The van der Waals surface area contributed by atoms with Crippen LogP contribution in [0.1, 0.15) is 38.5 Å². The number of hydrogen-bond donors (Lipinski definition) is 1. The number of nitrogens with zero attached hydrogens (tertiary/aromatic N) is 2. The molecule has 1 aliphatic heterocycles. The fourth-order valence-electron chi connectivity index (χ4n) is 4.80. The molecule has 1 saturated carbocycles. The number of hydrogen-bond acceptors (Lipinski definition) is 6. The van der Waals surface area contributed by atoms with E-state index in [0.29, 0.717) is 29.4 Å². The molecule has 2 heterocycles. The van der Waals surface area contributed by atoms with Crippen LogP contribution in [0.15, 0.2) is 22.7 Å². The first kappa shape index (κ1) is 23.7. The summed E-state index contributed by atoms with van der Waals surface area (Å²) < 4.78 is 53.7. The van der Waals surface area contributed by atoms with Gasteiger partial charge in [0.15, 0.2) is 12.2 Å². The molecule has 4 rings (SSSR count). The highest BCUT2D eigenvalue weighted by Gasteiger charge is 2.30. The van der Waals surface area contributed by atoms with Crippen molar-refractivity contribution in [2.45, 2.75) is 44.7 Å². The fourth-order valence-corrected chi connectivity index (χ4v) is 4.80. The molecule has 2 fully saturated rings. The highest BCUT2D eigenvalue weighted by Crippen LogP contribution is 2.35. The Labute approximate surface area is 189 Å². The number of aromatic nitrogens is 1. The number of halogens is 3. The van der Waals surface area contributed by atoms with Gasteiger partial charge in [0.2, 0.25) is 0 Å². The van der Waals surface area contributed by atoms with Gasteiger partial charge in [-0.1, -0.05) is 6.07 Å². The Morgan fingerprint density at radius 2 is 1.82 bits per heavy atom. The normalized spacial score (nSPS) is 23.0. The zero-order chi connectivity index (χ0) is 23.4. The Kier molecular flexibility index (Phi) is 7.31. The van der Waals surface area contributed by atoms with Gasteiger partial charge in [-0.05, 0) is 80.7 Å². The third-order valence-electron chi connectivity index (χ3n) is 6.70. The van der Waals surface area contributed by atoms with Crippen LogP contribution in [0.25, 0.3) is 11.0 Å². The van der Waals surface area contributed by atoms with Crippen molar-refractivity contribution in [1.82, 2.24) is 10.1 Å². The molecule has 2 aliphatic rings. The largest absolute Gasteiger partial charge is 0.483 e. The lowest BCUT2D eigenvalue weighted by atomic mass is 9.81. The lowest BCUT2D eigenvalue weighted by Crippen LogP contribution is -2.39. The monoisotopic (exact) mass is 470 g/mol. The molecule has 1 aromatic carbocycles. The second-order valence-corrected chi connectivity index (χ2v) is 9.13. The summed E-state index contributed by atoms with van der Waals surface area (Å²) in [5.41, 5.74) is 0.317. The summed E-state index contributed by atoms with van der Waals surface area (Å²) in [7, 11) is 0. The number of carboxylic acids is 1. The van der Waals surface area contributed by atoms with Gasteiger partial charge in [-0.2, -0.15) is 13.2 Å². The number of piperidine rings is 1. The first-order valence-corrected chi connectivity index (χ1v) is 11.4. The van der Waals surface area contributed by atoms with Gasteiger partial charge in [0.05, 0.1) is 12.5 Å². The lowest BCUT2D eigenvalue weighted by molar-refractivity contribution is -0.153. The standard InChI is InChI=1S/C23H29F3N2O5/c24-23(25,26)14-32-18-2-1-3-19-20(18)21(27-33-19)31-13-16-8-10-28(11-9-16)12-15-4-6-17(7-5-15)22(29)30/h1-3,15-17H,4-14H2,(H,29,30)/t15-,17-. The van der Waals surface area contributed by atoms with Crippen LogP contribution < -0.4 is 9.47 Å². The fraction of sp³-hybridized carbons (Fsp3) is 0.652. The third kappa shape index (κ3) is 6.31. The average molecular weight is 470 g/mol. The van der Waals surface area contributed by atoms with Crippen LogP contribution >= 0.6 is 0 Å². The summed E-state index contributed by atoms with van der Waals surface area (Å²) in [6.07, 6.45) is 0.949. The van der Waals surface area contributed by atoms with Crippen LogP contribution in [-0.2, 0) is 4.79 Å². The summed E-state index contributed by atoms with van der Waals surface area (Å²) in [5.74, 6) is 0.210. The van der Waals surface area contributed by atoms with Crippen molar-refractivity contribution in [2.75, 3.05) is 32.8 Å². The number of rotatable bonds is 8. The minimum absolute atomic E-state index is 0.0357. The van der Waals surface area contributed by atoms with Gasteiger partial charge in [-0.3, -0.25) is 4.79 Å². The predicted molar refractivity (Wildman–Crippen MR) is 113 cm³/mol. The summed E-state index contributed by atoms with van der Waals surface area (Å²) in [4.78, 5) is 13.6. The number of fused-ring (bicyclic) bond motifs is 1. The second-order valence-electron chi connectivity index (χ2n) is 9.13. The number of aliphatic carboxylic acids is 1. The number of likely N-dealkylation sites (tertiary alicyclic amines) is 1. The smallest absolute Gasteiger partial charge is 0.422 e. The van der Waals surface area contributed by atoms with E-state index >= 15 is 0 Å². The van der Waals surface area contributed by atoms with E-state index in [9.17, 15) is 18.0 Å². The Balaban J connectivity index is 1.25. The highest BCUT2D eigenvalue weighted by molar-refractivity contribution is 5.88. The molecule has 1 saturated heterocycles. The van der Waals surface area contributed by atoms with E-state index < -0.39 is 18.8 Å². The molecule has 0 unspecified atom stereocenters. The van der Waals surface area contributed by atoms with Crippen molar-refractivity contribution in [3.8, 4) is 11.6 Å². The van der Waals surface area contributed by atoms with Gasteiger partial charge in [-0.15, -0.1) is 0 Å². The van der Waals surface area contributed by atoms with E-state index in [1.54, 1.807) is 12.1 Å². The maximum atomic E-state index is 12.6. The molecule has 7 nitrogen and oxygen atoms in total. The van der Waals surface area contributed by atoms with E-state index in [1.807, 2.05) is 0 Å². The number of benzene rings is 1. The number of carbonyl (C=O) groups is 1. The first-order chi connectivity index (χ1) is 15.8. The van der Waals surface area contributed by atoms with Crippen LogP contribution in [0.4, 0.5) is 13.2 Å². The quantitative estimate of drug-likeness (QED) is 0.596. The van der Waals surface area contributed by atoms with Crippen LogP contribution in [0.5, 0.6) is 11.6 Å². The average Bonchev–Trinajstić information content (AvgIpc) is 3.21. The predicted octanol–water partition coefficient (Wildman–Crippen LogP) is 4.75. The van der Waals surface area contributed by atoms with Gasteiger partial charge < -0.3 is 24.0 Å². The third-order valence-corrected chi connectivity index (χ3v) is 6.70. The lowest BCUT2D eigenvalue weighted by Gasteiger charge is -2.36. The SMILES string of the molecule is O=C(O)[C@H]1CC[C@H](CN2CCC(COc3noc4cccc(OCC(F)(F)F)c34)CC2)CC1. The maximum Gasteiger partial charge on any atom is 0.422 e. The van der Waals surface area contributed by atoms with Crippen molar-refractivity contribution < 1.29 is 37.1 Å². The van der Waals surface area contributed by atoms with E-state index in [2.05, 4.69) is 10.1 Å². The zero-order valence-electron chi connectivity index (χ0n) is 18.4.